The van der Waals surface area contributed by atoms with Crippen molar-refractivity contribution in [1.29, 1.82) is 0 Å². The average molecular weight is 477 g/mol. The van der Waals surface area contributed by atoms with E-state index in [1.165, 1.54) is 60.8 Å². The van der Waals surface area contributed by atoms with E-state index < -0.39 is 0 Å². The minimum atomic E-state index is 0.715. The number of benzene rings is 4. The normalized spacial score (nSPS) is 12.4. The van der Waals surface area contributed by atoms with E-state index in [1.54, 1.807) is 0 Å². The SMILES string of the molecule is CC(Cc1ccccc1)C(C)Cc1ccccc1.CCCC(Cc1ccccc1)Cc1ccccc1. The fourth-order valence-corrected chi connectivity index (χ4v) is 4.95. The lowest BCUT2D eigenvalue weighted by molar-refractivity contribution is 0.383. The fourth-order valence-electron chi connectivity index (χ4n) is 4.95. The summed E-state index contributed by atoms with van der Waals surface area (Å²) in [5, 5.41) is 0. The Labute approximate surface area is 220 Å². The summed E-state index contributed by atoms with van der Waals surface area (Å²) >= 11 is 0. The largest absolute Gasteiger partial charge is 0.0654 e. The zero-order chi connectivity index (χ0) is 25.4. The van der Waals surface area contributed by atoms with Gasteiger partial charge in [-0.15, -0.1) is 0 Å². The van der Waals surface area contributed by atoms with Gasteiger partial charge in [0, 0.05) is 0 Å². The second kappa shape index (κ2) is 15.8. The molecule has 0 radical (unpaired) electrons. The van der Waals surface area contributed by atoms with Gasteiger partial charge < -0.3 is 0 Å². The maximum Gasteiger partial charge on any atom is -0.0247 e. The first-order valence-electron chi connectivity index (χ1n) is 13.8. The molecule has 4 aromatic carbocycles. The molecule has 36 heavy (non-hydrogen) atoms. The third kappa shape index (κ3) is 10.2. The standard InChI is InChI=1S/2C18H22/c1-15(13-17-9-5-3-6-10-17)16(2)14-18-11-7-4-8-12-18;1-2-9-18(14-16-10-5-3-6-11-16)15-17-12-7-4-8-13-17/h3-12,15-16H,13-14H2,1-2H3;3-8,10-13,18H,2,9,14-15H2,1H3. The van der Waals surface area contributed by atoms with E-state index in [4.69, 9.17) is 0 Å². The first-order chi connectivity index (χ1) is 17.6. The van der Waals surface area contributed by atoms with Crippen LogP contribution in [0.5, 0.6) is 0 Å². The first kappa shape index (κ1) is 27.5. The minimum Gasteiger partial charge on any atom is -0.0654 e. The lowest BCUT2D eigenvalue weighted by Gasteiger charge is -2.20. The Kier molecular flexibility index (Phi) is 12.0. The topological polar surface area (TPSA) is 0 Å². The second-order valence-corrected chi connectivity index (χ2v) is 10.4. The van der Waals surface area contributed by atoms with Gasteiger partial charge in [-0.05, 0) is 65.7 Å². The summed E-state index contributed by atoms with van der Waals surface area (Å²) in [5.41, 5.74) is 5.83. The predicted octanol–water partition coefficient (Wildman–Crippen LogP) is 9.63. The van der Waals surface area contributed by atoms with Crippen LogP contribution in [0.25, 0.3) is 0 Å². The van der Waals surface area contributed by atoms with Crippen molar-refractivity contribution >= 4 is 0 Å². The van der Waals surface area contributed by atoms with Crippen LogP contribution >= 0.6 is 0 Å². The van der Waals surface area contributed by atoms with Gasteiger partial charge >= 0.3 is 0 Å². The molecule has 188 valence electrons. The zero-order valence-corrected chi connectivity index (χ0v) is 22.5. The van der Waals surface area contributed by atoms with Gasteiger partial charge in [0.15, 0.2) is 0 Å². The summed E-state index contributed by atoms with van der Waals surface area (Å²) in [4.78, 5) is 0. The predicted molar refractivity (Wildman–Crippen MR) is 157 cm³/mol. The van der Waals surface area contributed by atoms with E-state index in [2.05, 4.69) is 142 Å². The molecule has 0 saturated heterocycles. The molecule has 0 nitrogen and oxygen atoms in total. The Balaban J connectivity index is 0.000000201. The highest BCUT2D eigenvalue weighted by Gasteiger charge is 2.13. The van der Waals surface area contributed by atoms with Crippen molar-refractivity contribution in [2.45, 2.75) is 59.3 Å². The van der Waals surface area contributed by atoms with Crippen molar-refractivity contribution in [3.63, 3.8) is 0 Å². The monoisotopic (exact) mass is 476 g/mol. The first-order valence-corrected chi connectivity index (χ1v) is 13.8. The van der Waals surface area contributed by atoms with Gasteiger partial charge in [-0.2, -0.15) is 0 Å². The maximum absolute atomic E-state index is 2.36. The quantitative estimate of drug-likeness (QED) is 0.202. The van der Waals surface area contributed by atoms with Gasteiger partial charge in [-0.25, -0.2) is 0 Å². The molecule has 4 aromatic rings. The molecule has 0 aliphatic heterocycles. The van der Waals surface area contributed by atoms with Crippen molar-refractivity contribution in [1.82, 2.24) is 0 Å². The molecule has 0 spiro atoms. The second-order valence-electron chi connectivity index (χ2n) is 10.4. The number of rotatable bonds is 11. The highest BCUT2D eigenvalue weighted by Crippen LogP contribution is 2.21. The molecule has 0 bridgehead atoms. The maximum atomic E-state index is 2.36. The van der Waals surface area contributed by atoms with Gasteiger partial charge in [0.25, 0.3) is 0 Å². The van der Waals surface area contributed by atoms with E-state index >= 15 is 0 Å². The Bertz CT molecular complexity index is 967. The minimum absolute atomic E-state index is 0.715. The summed E-state index contributed by atoms with van der Waals surface area (Å²) in [6, 6.07) is 43.3. The van der Waals surface area contributed by atoms with E-state index in [9.17, 15) is 0 Å². The van der Waals surface area contributed by atoms with Crippen LogP contribution in [0.2, 0.25) is 0 Å². The van der Waals surface area contributed by atoms with E-state index in [1.807, 2.05) is 0 Å². The Morgan fingerprint density at radius 3 is 0.972 bits per heavy atom. The molecule has 0 heteroatoms. The summed E-state index contributed by atoms with van der Waals surface area (Å²) in [6.45, 7) is 7.00. The van der Waals surface area contributed by atoms with Crippen LogP contribution < -0.4 is 0 Å². The van der Waals surface area contributed by atoms with Gasteiger partial charge in [0.1, 0.15) is 0 Å². The van der Waals surface area contributed by atoms with E-state index in [-0.39, 0.29) is 0 Å². The molecular weight excluding hydrogens is 432 g/mol. The van der Waals surface area contributed by atoms with Gasteiger partial charge in [-0.1, -0.05) is 155 Å². The highest BCUT2D eigenvalue weighted by molar-refractivity contribution is 5.19. The third-order valence-electron chi connectivity index (χ3n) is 7.20. The summed E-state index contributed by atoms with van der Waals surface area (Å²) < 4.78 is 0. The van der Waals surface area contributed by atoms with Crippen molar-refractivity contribution in [2.75, 3.05) is 0 Å². The average Bonchev–Trinajstić information content (AvgIpc) is 2.91. The molecular formula is C36H44. The molecule has 2 unspecified atom stereocenters. The molecule has 2 atom stereocenters. The van der Waals surface area contributed by atoms with Crippen LogP contribution in [0, 0.1) is 17.8 Å². The molecule has 0 N–H and O–H groups in total. The lowest BCUT2D eigenvalue weighted by Crippen LogP contribution is -2.13. The number of hydrogen-bond donors (Lipinski definition) is 0. The molecule has 0 fully saturated rings. The Morgan fingerprint density at radius 2 is 0.694 bits per heavy atom. The molecule has 0 amide bonds. The smallest absolute Gasteiger partial charge is 0.0247 e. The summed E-state index contributed by atoms with van der Waals surface area (Å²) in [5.74, 6) is 2.19. The fraction of sp³-hybridized carbons (Fsp3) is 0.333. The molecule has 4 rings (SSSR count). The Hall–Kier alpha value is -3.12. The highest BCUT2D eigenvalue weighted by atomic mass is 14.2. The zero-order valence-electron chi connectivity index (χ0n) is 22.5. The van der Waals surface area contributed by atoms with E-state index in [0.29, 0.717) is 11.8 Å². The van der Waals surface area contributed by atoms with Gasteiger partial charge in [0.05, 0.1) is 0 Å². The van der Waals surface area contributed by atoms with E-state index in [0.717, 1.165) is 5.92 Å². The van der Waals surface area contributed by atoms with Crippen LogP contribution in [0.15, 0.2) is 121 Å². The summed E-state index contributed by atoms with van der Waals surface area (Å²) in [7, 11) is 0. The lowest BCUT2D eigenvalue weighted by atomic mass is 9.85. The molecule has 0 aromatic heterocycles. The van der Waals surface area contributed by atoms with Gasteiger partial charge in [0.2, 0.25) is 0 Å². The summed E-state index contributed by atoms with van der Waals surface area (Å²) in [6.07, 6.45) is 7.32. The molecule has 0 saturated carbocycles. The third-order valence-corrected chi connectivity index (χ3v) is 7.20. The molecule has 0 heterocycles. The Morgan fingerprint density at radius 1 is 0.417 bits per heavy atom. The van der Waals surface area contributed by atoms with Crippen molar-refractivity contribution in [3.8, 4) is 0 Å². The van der Waals surface area contributed by atoms with Crippen LogP contribution in [0.3, 0.4) is 0 Å². The van der Waals surface area contributed by atoms with Crippen molar-refractivity contribution < 1.29 is 0 Å². The van der Waals surface area contributed by atoms with Crippen LogP contribution in [0.1, 0.15) is 55.9 Å². The molecule has 0 aliphatic carbocycles. The molecule has 0 aliphatic rings. The van der Waals surface area contributed by atoms with Crippen LogP contribution in [-0.2, 0) is 25.7 Å². The van der Waals surface area contributed by atoms with Crippen LogP contribution in [0.4, 0.5) is 0 Å². The number of hydrogen-bond acceptors (Lipinski definition) is 0. The van der Waals surface area contributed by atoms with Crippen molar-refractivity contribution in [3.05, 3.63) is 144 Å². The van der Waals surface area contributed by atoms with Gasteiger partial charge in [-0.3, -0.25) is 0 Å². The van der Waals surface area contributed by atoms with Crippen molar-refractivity contribution in [2.24, 2.45) is 17.8 Å². The van der Waals surface area contributed by atoms with Crippen LogP contribution in [-0.4, -0.2) is 0 Å².